The molecule has 108 valence electrons. The Bertz CT molecular complexity index is 388. The van der Waals surface area contributed by atoms with E-state index in [0.29, 0.717) is 5.92 Å². The van der Waals surface area contributed by atoms with Crippen molar-refractivity contribution in [1.29, 1.82) is 0 Å². The van der Waals surface area contributed by atoms with Crippen molar-refractivity contribution in [2.24, 2.45) is 16.7 Å². The van der Waals surface area contributed by atoms with E-state index in [9.17, 15) is 9.59 Å². The van der Waals surface area contributed by atoms with E-state index in [-0.39, 0.29) is 29.4 Å². The number of carbonyl (C=O) groups excluding carboxylic acids is 1. The first-order valence-electron chi connectivity index (χ1n) is 6.84. The molecule has 0 aliphatic heterocycles. The highest BCUT2D eigenvalue weighted by Crippen LogP contribution is 2.62. The maximum Gasteiger partial charge on any atom is 0.329 e. The minimum atomic E-state index is -1.06. The molecule has 5 nitrogen and oxygen atoms in total. The Labute approximate surface area is 113 Å². The monoisotopic (exact) mass is 269 g/mol. The Hall–Kier alpha value is -1.10. The van der Waals surface area contributed by atoms with Gasteiger partial charge in [-0.05, 0) is 36.0 Å². The first-order valence-corrected chi connectivity index (χ1v) is 6.84. The van der Waals surface area contributed by atoms with Crippen LogP contribution in [0.1, 0.15) is 40.0 Å². The van der Waals surface area contributed by atoms with Crippen LogP contribution in [0.15, 0.2) is 0 Å². The maximum atomic E-state index is 11.9. The lowest BCUT2D eigenvalue weighted by Crippen LogP contribution is -2.53. The van der Waals surface area contributed by atoms with Crippen LogP contribution in [0.25, 0.3) is 0 Å². The molecule has 2 saturated carbocycles. The number of aliphatic carboxylic acids is 1. The summed E-state index contributed by atoms with van der Waals surface area (Å²) in [4.78, 5) is 22.2. The van der Waals surface area contributed by atoms with E-state index in [1.165, 1.54) is 12.8 Å². The minimum Gasteiger partial charge on any atom is -0.480 e. The molecule has 2 rings (SSSR count). The normalized spacial score (nSPS) is 35.3. The number of fused-ring (bicyclic) bond motifs is 2. The summed E-state index contributed by atoms with van der Waals surface area (Å²) in [7, 11) is 0. The number of carboxylic acid groups (broad SMARTS) is 1. The van der Waals surface area contributed by atoms with Crippen LogP contribution in [0.3, 0.4) is 0 Å². The summed E-state index contributed by atoms with van der Waals surface area (Å²) in [5, 5.41) is 11.5. The molecule has 1 amide bonds. The van der Waals surface area contributed by atoms with E-state index in [0.717, 1.165) is 6.42 Å². The molecule has 0 saturated heterocycles. The molecule has 0 aromatic heterocycles. The summed E-state index contributed by atoms with van der Waals surface area (Å²) in [6.07, 6.45) is 3.56. The summed E-state index contributed by atoms with van der Waals surface area (Å²) < 4.78 is 4.84. The van der Waals surface area contributed by atoms with Crippen LogP contribution in [0.5, 0.6) is 0 Å². The zero-order valence-electron chi connectivity index (χ0n) is 11.9. The number of nitrogens with one attached hydrogen (secondary N) is 1. The van der Waals surface area contributed by atoms with Crippen molar-refractivity contribution in [2.75, 3.05) is 13.2 Å². The smallest absolute Gasteiger partial charge is 0.329 e. The average Bonchev–Trinajstić information content (AvgIpc) is 2.75. The van der Waals surface area contributed by atoms with Gasteiger partial charge in [-0.1, -0.05) is 20.8 Å². The van der Waals surface area contributed by atoms with Gasteiger partial charge in [0.25, 0.3) is 0 Å². The predicted octanol–water partition coefficient (Wildman–Crippen LogP) is 1.42. The topological polar surface area (TPSA) is 75.6 Å². The second-order valence-corrected chi connectivity index (χ2v) is 6.80. The standard InChI is InChI=1S/C14H23NO4/c1-13(2)9-4-5-14(3,6-9)12(13)15-10(16)7-19-8-11(17)18/h9,12H,4-8H2,1-3H3,(H,15,16)(H,17,18). The van der Waals surface area contributed by atoms with Crippen molar-refractivity contribution in [3.8, 4) is 0 Å². The van der Waals surface area contributed by atoms with Crippen LogP contribution in [0, 0.1) is 16.7 Å². The van der Waals surface area contributed by atoms with Crippen LogP contribution in [-0.4, -0.2) is 36.2 Å². The van der Waals surface area contributed by atoms with Gasteiger partial charge >= 0.3 is 5.97 Å². The van der Waals surface area contributed by atoms with Crippen LogP contribution < -0.4 is 5.32 Å². The minimum absolute atomic E-state index is 0.107. The summed E-state index contributed by atoms with van der Waals surface area (Å²) >= 11 is 0. The SMILES string of the molecule is CC12CCC(C1)C(C)(C)C2NC(=O)COCC(=O)O. The largest absolute Gasteiger partial charge is 0.480 e. The molecule has 3 atom stereocenters. The summed E-state index contributed by atoms with van der Waals surface area (Å²) in [5.74, 6) is -0.601. The van der Waals surface area contributed by atoms with E-state index in [1.807, 2.05) is 0 Å². The first-order chi connectivity index (χ1) is 8.75. The summed E-state index contributed by atoms with van der Waals surface area (Å²) in [6.45, 7) is 6.06. The number of carboxylic acids is 1. The number of carbonyl (C=O) groups is 2. The molecule has 0 heterocycles. The molecule has 3 unspecified atom stereocenters. The van der Waals surface area contributed by atoms with Crippen molar-refractivity contribution in [3.63, 3.8) is 0 Å². The molecule has 2 bridgehead atoms. The molecule has 0 aromatic rings. The Morgan fingerprint density at radius 3 is 2.53 bits per heavy atom. The van der Waals surface area contributed by atoms with Crippen molar-refractivity contribution >= 4 is 11.9 Å². The van der Waals surface area contributed by atoms with Crippen LogP contribution in [-0.2, 0) is 14.3 Å². The fraction of sp³-hybridized carbons (Fsp3) is 0.857. The van der Waals surface area contributed by atoms with Crippen LogP contribution >= 0.6 is 0 Å². The van der Waals surface area contributed by atoms with Gasteiger partial charge in [0.2, 0.25) is 5.91 Å². The lowest BCUT2D eigenvalue weighted by Gasteiger charge is -2.43. The van der Waals surface area contributed by atoms with Crippen molar-refractivity contribution in [1.82, 2.24) is 5.32 Å². The molecule has 5 heteroatoms. The second kappa shape index (κ2) is 4.78. The zero-order chi connectivity index (χ0) is 14.3. The predicted molar refractivity (Wildman–Crippen MR) is 69.6 cm³/mol. The zero-order valence-corrected chi connectivity index (χ0v) is 11.9. The summed E-state index contributed by atoms with van der Waals surface area (Å²) in [6, 6.07) is 0.152. The van der Waals surface area contributed by atoms with Crippen LogP contribution in [0.2, 0.25) is 0 Å². The van der Waals surface area contributed by atoms with Gasteiger partial charge in [-0.25, -0.2) is 4.79 Å². The molecule has 19 heavy (non-hydrogen) atoms. The lowest BCUT2D eigenvalue weighted by atomic mass is 9.68. The highest BCUT2D eigenvalue weighted by molar-refractivity contribution is 5.78. The molecular weight excluding hydrogens is 246 g/mol. The number of hydrogen-bond acceptors (Lipinski definition) is 3. The van der Waals surface area contributed by atoms with Gasteiger partial charge in [0.05, 0.1) is 0 Å². The number of amides is 1. The molecule has 2 aliphatic carbocycles. The third kappa shape index (κ3) is 2.61. The number of rotatable bonds is 5. The van der Waals surface area contributed by atoms with E-state index < -0.39 is 12.6 Å². The molecule has 2 aliphatic rings. The number of ether oxygens (including phenoxy) is 1. The highest BCUT2D eigenvalue weighted by atomic mass is 16.5. The quantitative estimate of drug-likeness (QED) is 0.791. The van der Waals surface area contributed by atoms with E-state index in [4.69, 9.17) is 9.84 Å². The van der Waals surface area contributed by atoms with Gasteiger partial charge in [0.1, 0.15) is 13.2 Å². The highest BCUT2D eigenvalue weighted by Gasteiger charge is 2.59. The van der Waals surface area contributed by atoms with Crippen molar-refractivity contribution in [3.05, 3.63) is 0 Å². The van der Waals surface area contributed by atoms with Gasteiger partial charge in [-0.2, -0.15) is 0 Å². The Morgan fingerprint density at radius 2 is 2.00 bits per heavy atom. The molecule has 0 spiro atoms. The number of hydrogen-bond donors (Lipinski definition) is 2. The maximum absolute atomic E-state index is 11.9. The van der Waals surface area contributed by atoms with E-state index >= 15 is 0 Å². The first kappa shape index (κ1) is 14.3. The Kier molecular flexibility index (Phi) is 3.60. The molecule has 0 aromatic carbocycles. The third-order valence-electron chi connectivity index (χ3n) is 5.03. The fourth-order valence-corrected chi connectivity index (χ4v) is 4.10. The third-order valence-corrected chi connectivity index (χ3v) is 5.03. The Balaban J connectivity index is 1.91. The van der Waals surface area contributed by atoms with Gasteiger partial charge in [0.15, 0.2) is 0 Å². The van der Waals surface area contributed by atoms with Crippen LogP contribution in [0.4, 0.5) is 0 Å². The Morgan fingerprint density at radius 1 is 1.32 bits per heavy atom. The average molecular weight is 269 g/mol. The van der Waals surface area contributed by atoms with Crippen molar-refractivity contribution < 1.29 is 19.4 Å². The van der Waals surface area contributed by atoms with Gasteiger partial charge in [0, 0.05) is 6.04 Å². The van der Waals surface area contributed by atoms with Crippen molar-refractivity contribution in [2.45, 2.75) is 46.1 Å². The lowest BCUT2D eigenvalue weighted by molar-refractivity contribution is -0.144. The molecule has 2 fully saturated rings. The van der Waals surface area contributed by atoms with Gasteiger partial charge < -0.3 is 15.2 Å². The van der Waals surface area contributed by atoms with E-state index in [1.54, 1.807) is 0 Å². The second-order valence-electron chi connectivity index (χ2n) is 6.80. The van der Waals surface area contributed by atoms with Gasteiger partial charge in [-0.3, -0.25) is 4.79 Å². The summed E-state index contributed by atoms with van der Waals surface area (Å²) in [5.41, 5.74) is 0.284. The van der Waals surface area contributed by atoms with E-state index in [2.05, 4.69) is 26.1 Å². The van der Waals surface area contributed by atoms with Gasteiger partial charge in [-0.15, -0.1) is 0 Å². The molecular formula is C14H23NO4. The molecule has 0 radical (unpaired) electrons. The molecule has 2 N–H and O–H groups in total. The fourth-order valence-electron chi connectivity index (χ4n) is 4.10.